The molecule has 1 heterocycles. The minimum atomic E-state index is -1.09. The van der Waals surface area contributed by atoms with Crippen molar-refractivity contribution >= 4 is 33.0 Å². The summed E-state index contributed by atoms with van der Waals surface area (Å²) in [5, 5.41) is 10.6. The van der Waals surface area contributed by atoms with Crippen LogP contribution in [0.5, 0.6) is 0 Å². The van der Waals surface area contributed by atoms with Crippen LogP contribution in [0.3, 0.4) is 0 Å². The topological polar surface area (TPSA) is 103 Å². The molecule has 1 aromatic carbocycles. The van der Waals surface area contributed by atoms with Gasteiger partial charge in [0.25, 0.3) is 5.91 Å². The summed E-state index contributed by atoms with van der Waals surface area (Å²) in [4.78, 5) is 22.7. The van der Waals surface area contributed by atoms with Gasteiger partial charge in [-0.1, -0.05) is 23.5 Å². The lowest BCUT2D eigenvalue weighted by molar-refractivity contribution is -0.380. The van der Waals surface area contributed by atoms with E-state index >= 15 is 0 Å². The quantitative estimate of drug-likeness (QED) is 0.690. The number of carbonyl (C=O) groups is 1. The summed E-state index contributed by atoms with van der Waals surface area (Å²) in [6.45, 7) is 0. The standard InChI is InChI=1S/C12H10N2O4S2/c1-20(18)8-4-2-7(3-5-8)10-6-9(11(13)15)12(19-10)14(16)17/h2-6H,1H3,(H2,13,15). The van der Waals surface area contributed by atoms with Gasteiger partial charge < -0.3 is 5.73 Å². The number of carbonyl (C=O) groups excluding carboxylic acids is 1. The molecule has 0 spiro atoms. The Hall–Kier alpha value is -2.06. The molecule has 1 amide bonds. The molecular weight excluding hydrogens is 300 g/mol. The highest BCUT2D eigenvalue weighted by atomic mass is 32.2. The number of primary amides is 1. The van der Waals surface area contributed by atoms with E-state index in [0.717, 1.165) is 11.3 Å². The lowest BCUT2D eigenvalue weighted by Crippen LogP contribution is -2.11. The van der Waals surface area contributed by atoms with Crippen LogP contribution >= 0.6 is 11.3 Å². The van der Waals surface area contributed by atoms with E-state index in [1.54, 1.807) is 30.5 Å². The zero-order valence-electron chi connectivity index (χ0n) is 10.4. The maximum absolute atomic E-state index is 11.3. The molecule has 1 unspecified atom stereocenters. The molecule has 0 aliphatic rings. The van der Waals surface area contributed by atoms with E-state index < -0.39 is 21.6 Å². The molecule has 0 aliphatic heterocycles. The largest absolute Gasteiger partial charge is 0.365 e. The van der Waals surface area contributed by atoms with Gasteiger partial charge in [0, 0.05) is 26.8 Å². The van der Waals surface area contributed by atoms with Crippen molar-refractivity contribution in [2.24, 2.45) is 5.73 Å². The van der Waals surface area contributed by atoms with Gasteiger partial charge in [-0.2, -0.15) is 0 Å². The monoisotopic (exact) mass is 310 g/mol. The number of benzene rings is 1. The SMILES string of the molecule is CS(=O)c1ccc(-c2cc(C(N)=O)c([N+](=O)[O-])s2)cc1. The van der Waals surface area contributed by atoms with Crippen LogP contribution in [0.2, 0.25) is 0 Å². The van der Waals surface area contributed by atoms with Crippen molar-refractivity contribution in [3.05, 3.63) is 46.0 Å². The average Bonchev–Trinajstić information content (AvgIpc) is 2.84. The smallest absolute Gasteiger partial charge is 0.337 e. The van der Waals surface area contributed by atoms with Crippen molar-refractivity contribution in [3.8, 4) is 10.4 Å². The third kappa shape index (κ3) is 2.75. The zero-order valence-corrected chi connectivity index (χ0v) is 12.0. The van der Waals surface area contributed by atoms with Gasteiger partial charge in [-0.25, -0.2) is 0 Å². The van der Waals surface area contributed by atoms with Gasteiger partial charge in [0.1, 0.15) is 5.56 Å². The molecule has 104 valence electrons. The van der Waals surface area contributed by atoms with Gasteiger partial charge in [0.15, 0.2) is 0 Å². The van der Waals surface area contributed by atoms with Gasteiger partial charge in [-0.15, -0.1) is 0 Å². The fourth-order valence-corrected chi connectivity index (χ4v) is 3.15. The third-order valence-corrected chi connectivity index (χ3v) is 4.69. The summed E-state index contributed by atoms with van der Waals surface area (Å²) in [5.41, 5.74) is 5.74. The number of thiophene rings is 1. The molecule has 2 aromatic rings. The summed E-state index contributed by atoms with van der Waals surface area (Å²) >= 11 is 0.888. The number of nitrogens with two attached hydrogens (primary N) is 1. The maximum atomic E-state index is 11.3. The van der Waals surface area contributed by atoms with E-state index in [1.165, 1.54) is 6.07 Å². The summed E-state index contributed by atoms with van der Waals surface area (Å²) in [6, 6.07) is 8.18. The number of nitro groups is 1. The molecule has 20 heavy (non-hydrogen) atoms. The van der Waals surface area contributed by atoms with E-state index in [0.29, 0.717) is 15.3 Å². The normalized spacial score (nSPS) is 12.1. The van der Waals surface area contributed by atoms with Crippen molar-refractivity contribution in [1.82, 2.24) is 0 Å². The molecule has 0 fully saturated rings. The highest BCUT2D eigenvalue weighted by Crippen LogP contribution is 2.36. The molecule has 2 N–H and O–H groups in total. The first-order valence-electron chi connectivity index (χ1n) is 5.42. The zero-order chi connectivity index (χ0) is 14.9. The Morgan fingerprint density at radius 3 is 2.35 bits per heavy atom. The van der Waals surface area contributed by atoms with E-state index in [1.807, 2.05) is 0 Å². The molecular formula is C12H10N2O4S2. The molecule has 0 radical (unpaired) electrons. The maximum Gasteiger partial charge on any atom is 0.337 e. The first kappa shape index (κ1) is 14.4. The van der Waals surface area contributed by atoms with Crippen LogP contribution in [-0.2, 0) is 10.8 Å². The summed E-state index contributed by atoms with van der Waals surface area (Å²) in [6.07, 6.45) is 1.57. The number of rotatable bonds is 4. The average molecular weight is 310 g/mol. The predicted octanol–water partition coefficient (Wildman–Crippen LogP) is 2.16. The Balaban J connectivity index is 2.47. The Labute approximate surface area is 120 Å². The second kappa shape index (κ2) is 5.51. The minimum Gasteiger partial charge on any atom is -0.365 e. The van der Waals surface area contributed by atoms with Crippen LogP contribution < -0.4 is 5.73 Å². The van der Waals surface area contributed by atoms with Crippen LogP contribution in [0.1, 0.15) is 10.4 Å². The van der Waals surface area contributed by atoms with Gasteiger partial charge in [0.2, 0.25) is 0 Å². The number of amides is 1. The number of hydrogen-bond acceptors (Lipinski definition) is 5. The molecule has 0 aliphatic carbocycles. The minimum absolute atomic E-state index is 0.0989. The first-order valence-corrected chi connectivity index (χ1v) is 7.79. The van der Waals surface area contributed by atoms with E-state index in [2.05, 4.69) is 0 Å². The fraction of sp³-hybridized carbons (Fsp3) is 0.0833. The Bertz CT molecular complexity index is 675. The fourth-order valence-electron chi connectivity index (χ4n) is 1.65. The molecule has 0 saturated carbocycles. The van der Waals surface area contributed by atoms with Crippen LogP contribution in [0.4, 0.5) is 5.00 Å². The molecule has 0 saturated heterocycles. The number of nitrogens with zero attached hydrogens (tertiary/aromatic N) is 1. The van der Waals surface area contributed by atoms with Crippen molar-refractivity contribution in [3.63, 3.8) is 0 Å². The van der Waals surface area contributed by atoms with E-state index in [9.17, 15) is 19.1 Å². The van der Waals surface area contributed by atoms with Gasteiger partial charge >= 0.3 is 5.00 Å². The Morgan fingerprint density at radius 1 is 1.35 bits per heavy atom. The second-order valence-corrected chi connectivity index (χ2v) is 6.34. The van der Waals surface area contributed by atoms with Gasteiger partial charge in [0.05, 0.1) is 4.92 Å². The summed E-state index contributed by atoms with van der Waals surface area (Å²) in [5.74, 6) is -0.828. The van der Waals surface area contributed by atoms with Gasteiger partial charge in [-0.3, -0.25) is 19.1 Å². The lowest BCUT2D eigenvalue weighted by atomic mass is 10.1. The van der Waals surface area contributed by atoms with Crippen LogP contribution in [0.15, 0.2) is 35.2 Å². The van der Waals surface area contributed by atoms with Crippen molar-refractivity contribution in [2.75, 3.05) is 6.26 Å². The summed E-state index contributed by atoms with van der Waals surface area (Å²) in [7, 11) is -1.09. The van der Waals surface area contributed by atoms with Crippen molar-refractivity contribution in [2.45, 2.75) is 4.90 Å². The second-order valence-electron chi connectivity index (χ2n) is 3.93. The van der Waals surface area contributed by atoms with Crippen LogP contribution in [0.25, 0.3) is 10.4 Å². The molecule has 0 bridgehead atoms. The molecule has 1 aromatic heterocycles. The molecule has 1 atom stereocenters. The van der Waals surface area contributed by atoms with Crippen molar-refractivity contribution in [1.29, 1.82) is 0 Å². The molecule has 6 nitrogen and oxygen atoms in total. The first-order chi connectivity index (χ1) is 9.40. The highest BCUT2D eigenvalue weighted by Gasteiger charge is 2.23. The van der Waals surface area contributed by atoms with Gasteiger partial charge in [-0.05, 0) is 23.8 Å². The lowest BCUT2D eigenvalue weighted by Gasteiger charge is -1.99. The van der Waals surface area contributed by atoms with Crippen LogP contribution in [0, 0.1) is 10.1 Å². The molecule has 8 heteroatoms. The van der Waals surface area contributed by atoms with E-state index in [-0.39, 0.29) is 10.6 Å². The van der Waals surface area contributed by atoms with Crippen molar-refractivity contribution < 1.29 is 13.9 Å². The predicted molar refractivity (Wildman–Crippen MR) is 77.3 cm³/mol. The third-order valence-electron chi connectivity index (χ3n) is 2.61. The Morgan fingerprint density at radius 2 is 1.95 bits per heavy atom. The van der Waals surface area contributed by atoms with E-state index in [4.69, 9.17) is 5.73 Å². The van der Waals surface area contributed by atoms with Crippen LogP contribution in [-0.4, -0.2) is 21.3 Å². The highest BCUT2D eigenvalue weighted by molar-refractivity contribution is 7.84. The number of hydrogen-bond donors (Lipinski definition) is 1. The molecule has 2 rings (SSSR count). The Kier molecular flexibility index (Phi) is 3.96. The summed E-state index contributed by atoms with van der Waals surface area (Å²) < 4.78 is 11.3.